The highest BCUT2D eigenvalue weighted by atomic mass is 35.5. The van der Waals surface area contributed by atoms with Crippen LogP contribution in [0.4, 0.5) is 4.39 Å². The van der Waals surface area contributed by atoms with Crippen LogP contribution < -0.4 is 5.32 Å². The van der Waals surface area contributed by atoms with E-state index in [1.54, 1.807) is 24.3 Å². The molecule has 0 aromatic heterocycles. The number of halogens is 2. The molecule has 4 heteroatoms. The summed E-state index contributed by atoms with van der Waals surface area (Å²) in [6.07, 6.45) is 1.41. The molecule has 0 atom stereocenters. The van der Waals surface area contributed by atoms with Gasteiger partial charge in [0.1, 0.15) is 5.67 Å². The minimum atomic E-state index is -0.979. The monoisotopic (exact) mass is 239 g/mol. The Labute approximate surface area is 97.8 Å². The molecule has 3 aliphatic rings. The van der Waals surface area contributed by atoms with Crippen LogP contribution in [-0.2, 0) is 0 Å². The Morgan fingerprint density at radius 2 is 1.81 bits per heavy atom. The molecule has 3 aliphatic carbocycles. The summed E-state index contributed by atoms with van der Waals surface area (Å²) in [5, 5.41) is 3.50. The number of benzene rings is 1. The van der Waals surface area contributed by atoms with E-state index in [4.69, 9.17) is 11.6 Å². The molecule has 0 unspecified atom stereocenters. The Hall–Kier alpha value is -1.09. The van der Waals surface area contributed by atoms with Gasteiger partial charge in [0, 0.05) is 35.4 Å². The van der Waals surface area contributed by atoms with Crippen LogP contribution in [0.25, 0.3) is 0 Å². The summed E-state index contributed by atoms with van der Waals surface area (Å²) in [6.45, 7) is 0. The van der Waals surface area contributed by atoms with Crippen LogP contribution in [0.1, 0.15) is 29.6 Å². The molecule has 0 heterocycles. The van der Waals surface area contributed by atoms with Crippen LogP contribution in [0, 0.1) is 0 Å². The predicted octanol–water partition coefficient (Wildman–Crippen LogP) is 2.71. The van der Waals surface area contributed by atoms with E-state index in [-0.39, 0.29) is 11.4 Å². The number of hydrogen-bond acceptors (Lipinski definition) is 1. The fraction of sp³-hybridized carbons (Fsp3) is 0.417. The minimum Gasteiger partial charge on any atom is -0.346 e. The maximum Gasteiger partial charge on any atom is 0.251 e. The number of hydrogen-bond donors (Lipinski definition) is 1. The predicted molar refractivity (Wildman–Crippen MR) is 59.3 cm³/mol. The van der Waals surface area contributed by atoms with Gasteiger partial charge in [0.2, 0.25) is 0 Å². The number of carbonyl (C=O) groups is 1. The molecule has 3 saturated carbocycles. The lowest BCUT2D eigenvalue weighted by Crippen LogP contribution is -2.76. The summed E-state index contributed by atoms with van der Waals surface area (Å²) in [4.78, 5) is 11.8. The van der Waals surface area contributed by atoms with Gasteiger partial charge in [-0.25, -0.2) is 4.39 Å². The van der Waals surface area contributed by atoms with Crippen molar-refractivity contribution >= 4 is 17.5 Å². The van der Waals surface area contributed by atoms with Gasteiger partial charge >= 0.3 is 0 Å². The lowest BCUT2D eigenvalue weighted by molar-refractivity contribution is -0.162. The SMILES string of the molecule is O=C(NC12CC(F)(C1)C2)c1ccc(Cl)cc1. The Morgan fingerprint density at radius 1 is 1.25 bits per heavy atom. The fourth-order valence-electron chi connectivity index (χ4n) is 2.71. The molecule has 1 N–H and O–H groups in total. The van der Waals surface area contributed by atoms with Gasteiger partial charge in [0.25, 0.3) is 5.91 Å². The third kappa shape index (κ3) is 1.42. The first-order valence-corrected chi connectivity index (χ1v) is 5.65. The molecule has 3 fully saturated rings. The molecule has 0 spiro atoms. The molecule has 1 aromatic carbocycles. The van der Waals surface area contributed by atoms with Crippen molar-refractivity contribution in [1.82, 2.24) is 5.32 Å². The summed E-state index contributed by atoms with van der Waals surface area (Å²) in [5.74, 6) is -0.140. The highest BCUT2D eigenvalue weighted by Gasteiger charge is 2.69. The molecule has 2 bridgehead atoms. The second-order valence-corrected chi connectivity index (χ2v) is 5.36. The first-order valence-electron chi connectivity index (χ1n) is 5.27. The fourth-order valence-corrected chi connectivity index (χ4v) is 2.84. The number of nitrogens with one attached hydrogen (secondary N) is 1. The van der Waals surface area contributed by atoms with E-state index in [0.717, 1.165) is 0 Å². The third-order valence-electron chi connectivity index (χ3n) is 3.45. The van der Waals surface area contributed by atoms with Crippen molar-refractivity contribution in [3.05, 3.63) is 34.9 Å². The summed E-state index contributed by atoms with van der Waals surface area (Å²) in [6, 6.07) is 6.70. The second-order valence-electron chi connectivity index (χ2n) is 4.92. The maximum atomic E-state index is 13.3. The van der Waals surface area contributed by atoms with Gasteiger partial charge in [0.15, 0.2) is 0 Å². The zero-order valence-electron chi connectivity index (χ0n) is 8.59. The number of rotatable bonds is 2. The van der Waals surface area contributed by atoms with Crippen LogP contribution in [0.15, 0.2) is 24.3 Å². The van der Waals surface area contributed by atoms with Crippen LogP contribution in [0.3, 0.4) is 0 Å². The zero-order chi connectivity index (χ0) is 11.4. The van der Waals surface area contributed by atoms with Crippen molar-refractivity contribution in [3.8, 4) is 0 Å². The van der Waals surface area contributed by atoms with Crippen molar-refractivity contribution in [1.29, 1.82) is 0 Å². The Bertz CT molecular complexity index is 437. The molecule has 0 radical (unpaired) electrons. The summed E-state index contributed by atoms with van der Waals surface area (Å²) < 4.78 is 13.3. The molecule has 1 amide bonds. The molecule has 1 aromatic rings. The molecule has 2 nitrogen and oxygen atoms in total. The van der Waals surface area contributed by atoms with Crippen molar-refractivity contribution in [2.75, 3.05) is 0 Å². The van der Waals surface area contributed by atoms with E-state index in [1.165, 1.54) is 0 Å². The van der Waals surface area contributed by atoms with Gasteiger partial charge in [-0.3, -0.25) is 4.79 Å². The molecular formula is C12H11ClFNO. The van der Waals surface area contributed by atoms with Crippen molar-refractivity contribution < 1.29 is 9.18 Å². The van der Waals surface area contributed by atoms with Crippen LogP contribution in [0.2, 0.25) is 5.02 Å². The van der Waals surface area contributed by atoms with Crippen molar-refractivity contribution in [2.45, 2.75) is 30.5 Å². The number of carbonyl (C=O) groups excluding carboxylic acids is 1. The normalized spacial score (nSPS) is 34.9. The zero-order valence-corrected chi connectivity index (χ0v) is 9.35. The van der Waals surface area contributed by atoms with Gasteiger partial charge in [0.05, 0.1) is 0 Å². The first-order chi connectivity index (χ1) is 7.50. The Morgan fingerprint density at radius 3 is 2.31 bits per heavy atom. The molecular weight excluding hydrogens is 229 g/mol. The van der Waals surface area contributed by atoms with Gasteiger partial charge < -0.3 is 5.32 Å². The van der Waals surface area contributed by atoms with Crippen LogP contribution in [-0.4, -0.2) is 17.1 Å². The van der Waals surface area contributed by atoms with E-state index in [9.17, 15) is 9.18 Å². The lowest BCUT2D eigenvalue weighted by atomic mass is 9.47. The van der Waals surface area contributed by atoms with E-state index >= 15 is 0 Å². The lowest BCUT2D eigenvalue weighted by Gasteiger charge is -2.65. The topological polar surface area (TPSA) is 29.1 Å². The van der Waals surface area contributed by atoms with Crippen LogP contribution in [0.5, 0.6) is 0 Å². The van der Waals surface area contributed by atoms with Gasteiger partial charge in [-0.1, -0.05) is 11.6 Å². The average molecular weight is 240 g/mol. The Balaban J connectivity index is 1.68. The van der Waals surface area contributed by atoms with Gasteiger partial charge in [-0.05, 0) is 24.3 Å². The van der Waals surface area contributed by atoms with Crippen molar-refractivity contribution in [2.24, 2.45) is 0 Å². The first kappa shape index (κ1) is 10.1. The summed E-state index contributed by atoms with van der Waals surface area (Å²) >= 11 is 5.73. The van der Waals surface area contributed by atoms with Gasteiger partial charge in [-0.2, -0.15) is 0 Å². The van der Waals surface area contributed by atoms with E-state index in [2.05, 4.69) is 5.32 Å². The van der Waals surface area contributed by atoms with E-state index < -0.39 is 5.67 Å². The maximum absolute atomic E-state index is 13.3. The highest BCUT2D eigenvalue weighted by molar-refractivity contribution is 6.30. The smallest absolute Gasteiger partial charge is 0.251 e. The summed E-state index contributed by atoms with van der Waals surface area (Å²) in [5.41, 5.74) is -0.666. The molecule has 4 rings (SSSR count). The second kappa shape index (κ2) is 2.98. The number of amides is 1. The largest absolute Gasteiger partial charge is 0.346 e. The molecule has 0 saturated heterocycles. The average Bonchev–Trinajstić information content (AvgIpc) is 2.14. The highest BCUT2D eigenvalue weighted by Crippen LogP contribution is 2.62. The standard InChI is InChI=1S/C12H11ClFNO/c13-9-3-1-8(2-4-9)10(16)15-12-5-11(14,6-12)7-12/h1-4H,5-7H2,(H,15,16). The van der Waals surface area contributed by atoms with Crippen LogP contribution >= 0.6 is 11.6 Å². The van der Waals surface area contributed by atoms with E-state index in [1.807, 2.05) is 0 Å². The minimum absolute atomic E-state index is 0.140. The van der Waals surface area contributed by atoms with Crippen molar-refractivity contribution in [3.63, 3.8) is 0 Å². The van der Waals surface area contributed by atoms with Gasteiger partial charge in [-0.15, -0.1) is 0 Å². The Kier molecular flexibility index (Phi) is 1.88. The van der Waals surface area contributed by atoms with E-state index in [0.29, 0.717) is 29.8 Å². The third-order valence-corrected chi connectivity index (χ3v) is 3.70. The summed E-state index contributed by atoms with van der Waals surface area (Å²) in [7, 11) is 0. The molecule has 0 aliphatic heterocycles. The number of alkyl halides is 1. The quantitative estimate of drug-likeness (QED) is 0.845. The molecule has 16 heavy (non-hydrogen) atoms. The molecule has 84 valence electrons.